The summed E-state index contributed by atoms with van der Waals surface area (Å²) in [5, 5.41) is 12.5. The highest BCUT2D eigenvalue weighted by atomic mass is 16.4. The molecule has 1 aliphatic rings. The number of nitrogens with zero attached hydrogens (tertiary/aromatic N) is 1. The van der Waals surface area contributed by atoms with Crippen molar-refractivity contribution in [1.29, 1.82) is 0 Å². The summed E-state index contributed by atoms with van der Waals surface area (Å²) in [7, 11) is 0. The molecule has 0 radical (unpaired) electrons. The minimum Gasteiger partial charge on any atom is -0.481 e. The molecule has 18 heavy (non-hydrogen) atoms. The van der Waals surface area contributed by atoms with Gasteiger partial charge in [-0.3, -0.25) is 9.69 Å². The summed E-state index contributed by atoms with van der Waals surface area (Å²) in [6, 6.07) is 7.86. The number of benzene rings is 1. The Morgan fingerprint density at radius 3 is 2.72 bits per heavy atom. The number of rotatable bonds is 4. The number of carboxylic acid groups (broad SMARTS) is 1. The minimum absolute atomic E-state index is 0.441. The van der Waals surface area contributed by atoms with E-state index >= 15 is 0 Å². The van der Waals surface area contributed by atoms with Crippen molar-refractivity contribution in [2.24, 2.45) is 0 Å². The van der Waals surface area contributed by atoms with Crippen LogP contribution in [0, 0.1) is 0 Å². The molecular formula is C14H20N2O2. The summed E-state index contributed by atoms with van der Waals surface area (Å²) in [5.74, 6) is -1.20. The maximum Gasteiger partial charge on any atom is 0.310 e. The highest BCUT2D eigenvalue weighted by Gasteiger charge is 2.18. The number of hydrogen-bond acceptors (Lipinski definition) is 3. The third-order valence-corrected chi connectivity index (χ3v) is 3.50. The molecule has 1 fully saturated rings. The van der Waals surface area contributed by atoms with E-state index in [4.69, 9.17) is 5.11 Å². The highest BCUT2D eigenvalue weighted by Crippen LogP contribution is 2.21. The number of piperazine rings is 1. The molecule has 0 aliphatic carbocycles. The summed E-state index contributed by atoms with van der Waals surface area (Å²) in [6.07, 6.45) is 0. The van der Waals surface area contributed by atoms with Crippen molar-refractivity contribution in [2.75, 3.05) is 26.2 Å². The second kappa shape index (κ2) is 5.98. The van der Waals surface area contributed by atoms with E-state index in [2.05, 4.69) is 10.2 Å². The van der Waals surface area contributed by atoms with Crippen LogP contribution in [0.4, 0.5) is 0 Å². The van der Waals surface area contributed by atoms with Crippen LogP contribution in [0.5, 0.6) is 0 Å². The molecule has 1 aliphatic heterocycles. The molecule has 1 atom stereocenters. The second-order valence-corrected chi connectivity index (χ2v) is 4.78. The van der Waals surface area contributed by atoms with Crippen LogP contribution in [-0.4, -0.2) is 42.2 Å². The average molecular weight is 248 g/mol. The van der Waals surface area contributed by atoms with Gasteiger partial charge in [-0.1, -0.05) is 24.3 Å². The quantitative estimate of drug-likeness (QED) is 0.843. The Morgan fingerprint density at radius 2 is 2.06 bits per heavy atom. The molecule has 1 aromatic rings. The van der Waals surface area contributed by atoms with Crippen LogP contribution in [0.1, 0.15) is 24.0 Å². The van der Waals surface area contributed by atoms with Crippen molar-refractivity contribution in [1.82, 2.24) is 10.2 Å². The minimum atomic E-state index is -0.761. The van der Waals surface area contributed by atoms with Crippen LogP contribution >= 0.6 is 0 Å². The lowest BCUT2D eigenvalue weighted by Crippen LogP contribution is -2.43. The van der Waals surface area contributed by atoms with Crippen molar-refractivity contribution in [2.45, 2.75) is 19.4 Å². The number of carboxylic acids is 1. The fourth-order valence-corrected chi connectivity index (χ4v) is 2.34. The van der Waals surface area contributed by atoms with Crippen LogP contribution in [0.25, 0.3) is 0 Å². The van der Waals surface area contributed by atoms with Crippen LogP contribution in [-0.2, 0) is 11.3 Å². The predicted octanol–water partition coefficient (Wildman–Crippen LogP) is 1.28. The summed E-state index contributed by atoms with van der Waals surface area (Å²) in [5.41, 5.74) is 2.07. The Labute approximate surface area is 108 Å². The number of aliphatic carboxylic acids is 1. The SMILES string of the molecule is CC(C(=O)O)c1ccccc1CN1CCNCC1. The molecule has 1 aromatic carbocycles. The summed E-state index contributed by atoms with van der Waals surface area (Å²) < 4.78 is 0. The molecule has 0 saturated carbocycles. The zero-order valence-electron chi connectivity index (χ0n) is 10.7. The molecule has 1 heterocycles. The Morgan fingerprint density at radius 1 is 1.39 bits per heavy atom. The van der Waals surface area contributed by atoms with Gasteiger partial charge < -0.3 is 10.4 Å². The first kappa shape index (κ1) is 13.1. The summed E-state index contributed by atoms with van der Waals surface area (Å²) >= 11 is 0. The first-order valence-corrected chi connectivity index (χ1v) is 6.42. The number of nitrogens with one attached hydrogen (secondary N) is 1. The van der Waals surface area contributed by atoms with Gasteiger partial charge in [-0.25, -0.2) is 0 Å². The third-order valence-electron chi connectivity index (χ3n) is 3.50. The lowest BCUT2D eigenvalue weighted by Gasteiger charge is -2.28. The van der Waals surface area contributed by atoms with Gasteiger partial charge in [-0.15, -0.1) is 0 Å². The zero-order chi connectivity index (χ0) is 13.0. The van der Waals surface area contributed by atoms with Gasteiger partial charge in [0.2, 0.25) is 0 Å². The maximum absolute atomic E-state index is 11.1. The Hall–Kier alpha value is -1.39. The van der Waals surface area contributed by atoms with Gasteiger partial charge in [0.25, 0.3) is 0 Å². The van der Waals surface area contributed by atoms with Crippen LogP contribution in [0.15, 0.2) is 24.3 Å². The second-order valence-electron chi connectivity index (χ2n) is 4.78. The van der Waals surface area contributed by atoms with Crippen LogP contribution in [0.2, 0.25) is 0 Å². The maximum atomic E-state index is 11.1. The molecule has 0 aromatic heterocycles. The molecule has 0 amide bonds. The number of hydrogen-bond donors (Lipinski definition) is 2. The molecule has 4 heteroatoms. The highest BCUT2D eigenvalue weighted by molar-refractivity contribution is 5.76. The van der Waals surface area contributed by atoms with Crippen molar-refractivity contribution in [3.63, 3.8) is 0 Å². The van der Waals surface area contributed by atoms with Crippen LogP contribution in [0.3, 0.4) is 0 Å². The Kier molecular flexibility index (Phi) is 4.33. The molecule has 1 unspecified atom stereocenters. The molecule has 2 N–H and O–H groups in total. The lowest BCUT2D eigenvalue weighted by atomic mass is 9.95. The number of carbonyl (C=O) groups is 1. The van der Waals surface area contributed by atoms with E-state index in [1.165, 1.54) is 0 Å². The first-order chi connectivity index (χ1) is 8.68. The van der Waals surface area contributed by atoms with Gasteiger partial charge in [0.05, 0.1) is 5.92 Å². The molecular weight excluding hydrogens is 228 g/mol. The molecule has 1 saturated heterocycles. The van der Waals surface area contributed by atoms with Crippen molar-refractivity contribution in [3.8, 4) is 0 Å². The standard InChI is InChI=1S/C14H20N2O2/c1-11(14(17)18)13-5-3-2-4-12(13)10-16-8-6-15-7-9-16/h2-5,11,15H,6-10H2,1H3,(H,17,18). The Bertz CT molecular complexity index is 414. The smallest absolute Gasteiger partial charge is 0.310 e. The van der Waals surface area contributed by atoms with Crippen molar-refractivity contribution in [3.05, 3.63) is 35.4 Å². The van der Waals surface area contributed by atoms with Gasteiger partial charge in [-0.2, -0.15) is 0 Å². The van der Waals surface area contributed by atoms with Crippen molar-refractivity contribution < 1.29 is 9.90 Å². The van der Waals surface area contributed by atoms with Gasteiger partial charge in [-0.05, 0) is 18.1 Å². The van der Waals surface area contributed by atoms with Crippen LogP contribution < -0.4 is 5.32 Å². The van der Waals surface area contributed by atoms with Crippen molar-refractivity contribution >= 4 is 5.97 Å². The molecule has 0 bridgehead atoms. The predicted molar refractivity (Wildman–Crippen MR) is 70.6 cm³/mol. The third kappa shape index (κ3) is 3.09. The van der Waals surface area contributed by atoms with E-state index in [1.807, 2.05) is 24.3 Å². The molecule has 0 spiro atoms. The topological polar surface area (TPSA) is 52.6 Å². The van der Waals surface area contributed by atoms with E-state index in [0.29, 0.717) is 0 Å². The van der Waals surface area contributed by atoms with E-state index in [-0.39, 0.29) is 0 Å². The monoisotopic (exact) mass is 248 g/mol. The zero-order valence-corrected chi connectivity index (χ0v) is 10.7. The largest absolute Gasteiger partial charge is 0.481 e. The van der Waals surface area contributed by atoms with Gasteiger partial charge in [0.15, 0.2) is 0 Å². The normalized spacial score (nSPS) is 18.5. The summed E-state index contributed by atoms with van der Waals surface area (Å²) in [4.78, 5) is 13.5. The molecule has 4 nitrogen and oxygen atoms in total. The lowest BCUT2D eigenvalue weighted by molar-refractivity contribution is -0.138. The van der Waals surface area contributed by atoms with E-state index < -0.39 is 11.9 Å². The fourth-order valence-electron chi connectivity index (χ4n) is 2.34. The Balaban J connectivity index is 2.13. The fraction of sp³-hybridized carbons (Fsp3) is 0.500. The van der Waals surface area contributed by atoms with E-state index in [1.54, 1.807) is 6.92 Å². The average Bonchev–Trinajstić information content (AvgIpc) is 2.39. The van der Waals surface area contributed by atoms with E-state index in [0.717, 1.165) is 43.9 Å². The molecule has 98 valence electrons. The van der Waals surface area contributed by atoms with Gasteiger partial charge in [0, 0.05) is 32.7 Å². The van der Waals surface area contributed by atoms with E-state index in [9.17, 15) is 4.79 Å². The molecule has 2 rings (SSSR count). The van der Waals surface area contributed by atoms with Gasteiger partial charge >= 0.3 is 5.97 Å². The van der Waals surface area contributed by atoms with Gasteiger partial charge in [0.1, 0.15) is 0 Å². The first-order valence-electron chi connectivity index (χ1n) is 6.42. The summed E-state index contributed by atoms with van der Waals surface area (Å²) in [6.45, 7) is 6.66.